The molecule has 6 heteroatoms. The normalized spacial score (nSPS) is 15.8. The van der Waals surface area contributed by atoms with Crippen molar-refractivity contribution in [2.75, 3.05) is 10.2 Å². The van der Waals surface area contributed by atoms with E-state index in [1.807, 2.05) is 61.0 Å². The molecule has 5 nitrogen and oxygen atoms in total. The first-order chi connectivity index (χ1) is 13.9. The molecule has 0 saturated heterocycles. The zero-order valence-electron chi connectivity index (χ0n) is 16.2. The minimum atomic E-state index is -0.783. The monoisotopic (exact) mass is 406 g/mol. The van der Waals surface area contributed by atoms with Crippen molar-refractivity contribution in [1.29, 1.82) is 0 Å². The number of amides is 2. The van der Waals surface area contributed by atoms with Crippen molar-refractivity contribution < 1.29 is 14.2 Å². The highest BCUT2D eigenvalue weighted by Crippen LogP contribution is 2.32. The highest BCUT2D eigenvalue weighted by atomic mass is 35.5. The molecule has 1 aliphatic heterocycles. The molecule has 0 saturated carbocycles. The molecule has 0 unspecified atom stereocenters. The Morgan fingerprint density at radius 3 is 2.59 bits per heavy atom. The van der Waals surface area contributed by atoms with Crippen LogP contribution in [0.25, 0.3) is 0 Å². The van der Waals surface area contributed by atoms with E-state index in [2.05, 4.69) is 5.32 Å². The van der Waals surface area contributed by atoms with Gasteiger partial charge in [0.05, 0.1) is 0 Å². The molecular formula is C23H21ClN3O2+. The number of hydrogen-bond donors (Lipinski definition) is 1. The van der Waals surface area contributed by atoms with E-state index >= 15 is 0 Å². The van der Waals surface area contributed by atoms with Gasteiger partial charge in [-0.2, -0.15) is 4.57 Å². The number of pyridine rings is 1. The maximum absolute atomic E-state index is 13.4. The van der Waals surface area contributed by atoms with Crippen LogP contribution in [0.4, 0.5) is 11.4 Å². The second-order valence-corrected chi connectivity index (χ2v) is 7.64. The summed E-state index contributed by atoms with van der Waals surface area (Å²) in [4.78, 5) is 28.1. The lowest BCUT2D eigenvalue weighted by Gasteiger charge is -2.33. The van der Waals surface area contributed by atoms with Gasteiger partial charge in [-0.3, -0.25) is 14.5 Å². The maximum atomic E-state index is 13.4. The lowest BCUT2D eigenvalue weighted by Crippen LogP contribution is -2.58. The van der Waals surface area contributed by atoms with E-state index in [4.69, 9.17) is 11.6 Å². The van der Waals surface area contributed by atoms with Crippen LogP contribution < -0.4 is 14.8 Å². The van der Waals surface area contributed by atoms with Crippen molar-refractivity contribution in [2.24, 2.45) is 0 Å². The quantitative estimate of drug-likeness (QED) is 0.669. The third kappa shape index (κ3) is 3.74. The zero-order valence-corrected chi connectivity index (χ0v) is 17.0. The van der Waals surface area contributed by atoms with Crippen molar-refractivity contribution in [1.82, 2.24) is 0 Å². The van der Waals surface area contributed by atoms with Gasteiger partial charge in [-0.25, -0.2) is 0 Å². The van der Waals surface area contributed by atoms with Crippen molar-refractivity contribution >= 4 is 34.8 Å². The summed E-state index contributed by atoms with van der Waals surface area (Å²) >= 11 is 5.95. The Morgan fingerprint density at radius 1 is 1.10 bits per heavy atom. The Kier molecular flexibility index (Phi) is 5.07. The van der Waals surface area contributed by atoms with Gasteiger partial charge in [0.15, 0.2) is 6.20 Å². The molecule has 2 heterocycles. The Morgan fingerprint density at radius 2 is 1.86 bits per heavy atom. The Bertz CT molecular complexity index is 1100. The Balaban J connectivity index is 1.79. The van der Waals surface area contributed by atoms with Crippen molar-refractivity contribution in [3.8, 4) is 0 Å². The standard InChI is InChI=1S/C23H20ClN3O2/c1-15-6-11-19(16(2)13-15)27-21(28)14-26-12-4-3-5-20(26)22(27)23(29)25-18-9-7-17(24)8-10-18/h3-13,22H,14H2,1-2H3/p+1/t22-/m0/s1. The van der Waals surface area contributed by atoms with Crippen LogP contribution in [0.1, 0.15) is 22.9 Å². The van der Waals surface area contributed by atoms with E-state index in [0.717, 1.165) is 22.5 Å². The van der Waals surface area contributed by atoms with Crippen LogP contribution >= 0.6 is 11.6 Å². The van der Waals surface area contributed by atoms with Gasteiger partial charge < -0.3 is 5.32 Å². The molecule has 1 aliphatic rings. The molecule has 3 aromatic rings. The van der Waals surface area contributed by atoms with E-state index in [9.17, 15) is 9.59 Å². The number of carbonyl (C=O) groups is 2. The fourth-order valence-electron chi connectivity index (χ4n) is 3.72. The molecule has 4 rings (SSSR count). The number of rotatable bonds is 3. The van der Waals surface area contributed by atoms with Crippen LogP contribution in [-0.4, -0.2) is 11.8 Å². The average Bonchev–Trinajstić information content (AvgIpc) is 2.69. The molecule has 2 aromatic carbocycles. The summed E-state index contributed by atoms with van der Waals surface area (Å²) < 4.78 is 1.83. The highest BCUT2D eigenvalue weighted by molar-refractivity contribution is 6.30. The van der Waals surface area contributed by atoms with Crippen LogP contribution in [0.5, 0.6) is 0 Å². The van der Waals surface area contributed by atoms with Crippen molar-refractivity contribution in [2.45, 2.75) is 26.4 Å². The molecular weight excluding hydrogens is 386 g/mol. The van der Waals surface area contributed by atoms with E-state index < -0.39 is 6.04 Å². The molecule has 0 radical (unpaired) electrons. The van der Waals surface area contributed by atoms with E-state index in [1.54, 1.807) is 29.2 Å². The van der Waals surface area contributed by atoms with Gasteiger partial charge in [0.2, 0.25) is 18.3 Å². The number of anilines is 2. The largest absolute Gasteiger partial charge is 0.324 e. The van der Waals surface area contributed by atoms with Gasteiger partial charge in [-0.05, 0) is 49.7 Å². The number of benzene rings is 2. The summed E-state index contributed by atoms with van der Waals surface area (Å²) in [6.45, 7) is 4.15. The minimum absolute atomic E-state index is 0.128. The van der Waals surface area contributed by atoms with E-state index in [1.165, 1.54) is 0 Å². The van der Waals surface area contributed by atoms with Gasteiger partial charge in [0.25, 0.3) is 11.8 Å². The molecule has 0 aliphatic carbocycles. The number of aryl methyl sites for hydroxylation is 2. The van der Waals surface area contributed by atoms with Crippen molar-refractivity contribution in [3.63, 3.8) is 0 Å². The summed E-state index contributed by atoms with van der Waals surface area (Å²) in [6.07, 6.45) is 1.83. The van der Waals surface area contributed by atoms with Crippen LogP contribution in [0, 0.1) is 13.8 Å². The van der Waals surface area contributed by atoms with Gasteiger partial charge in [0.1, 0.15) is 0 Å². The Labute approximate surface area is 174 Å². The first kappa shape index (κ1) is 19.2. The number of fused-ring (bicyclic) bond motifs is 1. The molecule has 146 valence electrons. The fourth-order valence-corrected chi connectivity index (χ4v) is 3.85. The van der Waals surface area contributed by atoms with E-state index in [-0.39, 0.29) is 18.4 Å². The van der Waals surface area contributed by atoms with Gasteiger partial charge in [-0.15, -0.1) is 0 Å². The van der Waals surface area contributed by atoms with E-state index in [0.29, 0.717) is 10.7 Å². The topological polar surface area (TPSA) is 53.3 Å². The molecule has 0 spiro atoms. The molecule has 1 atom stereocenters. The molecule has 0 bridgehead atoms. The van der Waals surface area contributed by atoms with Crippen LogP contribution in [0.3, 0.4) is 0 Å². The summed E-state index contributed by atoms with van der Waals surface area (Å²) in [5.74, 6) is -0.405. The second-order valence-electron chi connectivity index (χ2n) is 7.21. The van der Waals surface area contributed by atoms with Gasteiger partial charge >= 0.3 is 0 Å². The lowest BCUT2D eigenvalue weighted by molar-refractivity contribution is -0.695. The third-order valence-electron chi connectivity index (χ3n) is 5.06. The van der Waals surface area contributed by atoms with Crippen LogP contribution in [0.15, 0.2) is 66.9 Å². The molecule has 29 heavy (non-hydrogen) atoms. The van der Waals surface area contributed by atoms with Crippen molar-refractivity contribution in [3.05, 3.63) is 88.7 Å². The summed E-state index contributed by atoms with van der Waals surface area (Å²) in [7, 11) is 0. The average molecular weight is 407 g/mol. The highest BCUT2D eigenvalue weighted by Gasteiger charge is 2.44. The number of halogens is 1. The Hall–Kier alpha value is -3.18. The minimum Gasteiger partial charge on any atom is -0.324 e. The fraction of sp³-hybridized carbons (Fsp3) is 0.174. The summed E-state index contributed by atoms with van der Waals surface area (Å²) in [5, 5.41) is 3.52. The van der Waals surface area contributed by atoms with Gasteiger partial charge in [-0.1, -0.05) is 35.4 Å². The second kappa shape index (κ2) is 7.68. The van der Waals surface area contributed by atoms with Crippen LogP contribution in [0.2, 0.25) is 5.02 Å². The first-order valence-corrected chi connectivity index (χ1v) is 9.76. The molecule has 1 aromatic heterocycles. The van der Waals surface area contributed by atoms with Gasteiger partial charge in [0, 0.05) is 28.5 Å². The summed E-state index contributed by atoms with van der Waals surface area (Å²) in [6, 6.07) is 17.6. The number of hydrogen-bond acceptors (Lipinski definition) is 2. The number of nitrogens with zero attached hydrogens (tertiary/aromatic N) is 2. The zero-order chi connectivity index (χ0) is 20.5. The number of nitrogens with one attached hydrogen (secondary N) is 1. The molecule has 1 N–H and O–H groups in total. The summed E-state index contributed by atoms with van der Waals surface area (Å²) in [5.41, 5.74) is 4.19. The predicted octanol–water partition coefficient (Wildman–Crippen LogP) is 3.97. The third-order valence-corrected chi connectivity index (χ3v) is 5.31. The first-order valence-electron chi connectivity index (χ1n) is 9.38. The molecule has 2 amide bonds. The SMILES string of the molecule is Cc1ccc(N2C(=O)C[n+]3ccccc3[C@H]2C(=O)Nc2ccc(Cl)cc2)c(C)c1. The maximum Gasteiger partial charge on any atom is 0.294 e. The lowest BCUT2D eigenvalue weighted by atomic mass is 10.0. The van der Waals surface area contributed by atoms with Crippen LogP contribution in [-0.2, 0) is 16.1 Å². The smallest absolute Gasteiger partial charge is 0.294 e. The predicted molar refractivity (Wildman–Crippen MR) is 113 cm³/mol. The number of carbonyl (C=O) groups excluding carboxylic acids is 2. The molecule has 0 fully saturated rings. The number of aromatic nitrogens is 1.